The average molecular weight is 355 g/mol. The number of aromatic hydroxyl groups is 1. The number of phenols is 1. The average Bonchev–Trinajstić information content (AvgIpc) is 2.50. The van der Waals surface area contributed by atoms with E-state index in [1.54, 1.807) is 12.1 Å². The molecule has 1 unspecified atom stereocenters. The van der Waals surface area contributed by atoms with Crippen molar-refractivity contribution >= 4 is 40.1 Å². The molecule has 0 saturated carbocycles. The molecule has 6 nitrogen and oxygen atoms in total. The Hall–Kier alpha value is -2.09. The molecule has 23 heavy (non-hydrogen) atoms. The number of urea groups is 1. The van der Waals surface area contributed by atoms with Crippen molar-refractivity contribution in [1.82, 2.24) is 0 Å². The number of aryl methyl sites for hydroxylation is 1. The van der Waals surface area contributed by atoms with Crippen LogP contribution < -0.4 is 10.6 Å². The van der Waals surface area contributed by atoms with E-state index in [9.17, 15) is 14.1 Å². The van der Waals surface area contributed by atoms with Gasteiger partial charge in [-0.3, -0.25) is 0 Å². The molecule has 2 amide bonds. The summed E-state index contributed by atoms with van der Waals surface area (Å²) in [4.78, 5) is 11.7. The number of rotatable bonds is 4. The molecular formula is C15H15ClN2O4S. The van der Waals surface area contributed by atoms with Crippen LogP contribution in [-0.4, -0.2) is 19.9 Å². The Morgan fingerprint density at radius 2 is 1.83 bits per heavy atom. The summed E-state index contributed by atoms with van der Waals surface area (Å²) in [7, 11) is 0. The number of halogens is 1. The largest absolute Gasteiger partial charge is 0.504 e. The normalized spacial score (nSPS) is 11.8. The smallest absolute Gasteiger partial charge is 0.323 e. The van der Waals surface area contributed by atoms with Crippen molar-refractivity contribution in [2.24, 2.45) is 0 Å². The molecule has 0 aliphatic heterocycles. The van der Waals surface area contributed by atoms with Crippen LogP contribution in [0.4, 0.5) is 16.2 Å². The number of hydrogen-bond donors (Lipinski definition) is 4. The van der Waals surface area contributed by atoms with Gasteiger partial charge in [0.05, 0.1) is 10.7 Å². The third-order valence-electron chi connectivity index (χ3n) is 3.15. The van der Waals surface area contributed by atoms with Gasteiger partial charge in [0.1, 0.15) is 4.90 Å². The third-order valence-corrected chi connectivity index (χ3v) is 4.34. The van der Waals surface area contributed by atoms with Crippen molar-refractivity contribution in [3.05, 3.63) is 47.0 Å². The molecule has 0 spiro atoms. The van der Waals surface area contributed by atoms with Crippen molar-refractivity contribution in [2.45, 2.75) is 18.2 Å². The Balaban J connectivity index is 2.21. The standard InChI is InChI=1S/C15H15ClN2O4S/c1-2-9-5-3-4-6-11(9)17-15(20)18-12-8-7-10(16)14(13(12)19)23(21)22/h3-8,19H,2H2,1H3,(H,21,22)(H2,17,18,20). The number of para-hydroxylation sites is 1. The summed E-state index contributed by atoms with van der Waals surface area (Å²) in [5.74, 6) is -0.544. The summed E-state index contributed by atoms with van der Waals surface area (Å²) < 4.78 is 20.3. The highest BCUT2D eigenvalue weighted by Crippen LogP contribution is 2.35. The monoisotopic (exact) mass is 354 g/mol. The first-order valence-corrected chi connectivity index (χ1v) is 8.20. The Kier molecular flexibility index (Phi) is 5.59. The molecule has 4 N–H and O–H groups in total. The van der Waals surface area contributed by atoms with E-state index >= 15 is 0 Å². The van der Waals surface area contributed by atoms with Crippen molar-refractivity contribution in [3.8, 4) is 5.75 Å². The molecule has 0 aliphatic rings. The maximum Gasteiger partial charge on any atom is 0.323 e. The van der Waals surface area contributed by atoms with Gasteiger partial charge in [-0.15, -0.1) is 0 Å². The second-order valence-corrected chi connectivity index (χ2v) is 5.93. The van der Waals surface area contributed by atoms with Crippen LogP contribution in [0.1, 0.15) is 12.5 Å². The molecule has 0 fully saturated rings. The quantitative estimate of drug-likeness (QED) is 0.495. The van der Waals surface area contributed by atoms with E-state index in [-0.39, 0.29) is 15.6 Å². The van der Waals surface area contributed by atoms with E-state index in [1.807, 2.05) is 19.1 Å². The van der Waals surface area contributed by atoms with Gasteiger partial charge in [0.2, 0.25) is 0 Å². The van der Waals surface area contributed by atoms with Crippen molar-refractivity contribution < 1.29 is 18.7 Å². The second kappa shape index (κ2) is 7.45. The Labute approximate surface area is 140 Å². The lowest BCUT2D eigenvalue weighted by atomic mass is 10.1. The fourth-order valence-electron chi connectivity index (χ4n) is 2.04. The predicted molar refractivity (Wildman–Crippen MR) is 90.6 cm³/mol. The van der Waals surface area contributed by atoms with Gasteiger partial charge in [0, 0.05) is 5.69 Å². The van der Waals surface area contributed by atoms with Crippen molar-refractivity contribution in [1.29, 1.82) is 0 Å². The number of amides is 2. The summed E-state index contributed by atoms with van der Waals surface area (Å²) in [6.07, 6.45) is 0.746. The molecule has 0 heterocycles. The van der Waals surface area contributed by atoms with Crippen LogP contribution in [-0.2, 0) is 17.5 Å². The van der Waals surface area contributed by atoms with E-state index in [1.165, 1.54) is 12.1 Å². The van der Waals surface area contributed by atoms with Gasteiger partial charge >= 0.3 is 6.03 Å². The SMILES string of the molecule is CCc1ccccc1NC(=O)Nc1ccc(Cl)c(S(=O)O)c1O. The minimum Gasteiger partial charge on any atom is -0.504 e. The zero-order valence-electron chi connectivity index (χ0n) is 12.2. The molecule has 0 aliphatic carbocycles. The number of hydrogen-bond acceptors (Lipinski definition) is 3. The number of phenolic OH excluding ortho intramolecular Hbond substituents is 1. The maximum atomic E-state index is 12.1. The first-order chi connectivity index (χ1) is 10.9. The van der Waals surface area contributed by atoms with E-state index in [4.69, 9.17) is 16.2 Å². The van der Waals surface area contributed by atoms with Crippen LogP contribution >= 0.6 is 11.6 Å². The molecule has 2 aromatic rings. The van der Waals surface area contributed by atoms with E-state index in [2.05, 4.69) is 10.6 Å². The third kappa shape index (κ3) is 4.01. The van der Waals surface area contributed by atoms with Gasteiger partial charge < -0.3 is 20.3 Å². The first-order valence-electron chi connectivity index (χ1n) is 6.72. The maximum absolute atomic E-state index is 12.1. The van der Waals surface area contributed by atoms with E-state index < -0.39 is 22.9 Å². The highest BCUT2D eigenvalue weighted by molar-refractivity contribution is 7.79. The summed E-state index contributed by atoms with van der Waals surface area (Å²) in [6, 6.07) is 9.39. The highest BCUT2D eigenvalue weighted by Gasteiger charge is 2.18. The van der Waals surface area contributed by atoms with Gasteiger partial charge in [0.25, 0.3) is 0 Å². The molecule has 8 heteroatoms. The number of carbonyl (C=O) groups is 1. The topological polar surface area (TPSA) is 98.7 Å². The lowest BCUT2D eigenvalue weighted by molar-refractivity contribution is 0.262. The van der Waals surface area contributed by atoms with Crippen LogP contribution in [0.15, 0.2) is 41.3 Å². The van der Waals surface area contributed by atoms with E-state index in [0.717, 1.165) is 12.0 Å². The zero-order chi connectivity index (χ0) is 17.0. The molecule has 2 aromatic carbocycles. The fourth-order valence-corrected chi connectivity index (χ4v) is 2.90. The van der Waals surface area contributed by atoms with Crippen molar-refractivity contribution in [2.75, 3.05) is 10.6 Å². The molecule has 0 aromatic heterocycles. The number of carbonyl (C=O) groups excluding carboxylic acids is 1. The Bertz CT molecular complexity index is 767. The van der Waals surface area contributed by atoms with Gasteiger partial charge in [-0.2, -0.15) is 0 Å². The Morgan fingerprint density at radius 1 is 1.17 bits per heavy atom. The van der Waals surface area contributed by atoms with Gasteiger partial charge in [-0.05, 0) is 30.2 Å². The van der Waals surface area contributed by atoms with Crippen molar-refractivity contribution in [3.63, 3.8) is 0 Å². The zero-order valence-corrected chi connectivity index (χ0v) is 13.7. The van der Waals surface area contributed by atoms with Crippen LogP contribution in [0.3, 0.4) is 0 Å². The molecule has 1 atom stereocenters. The minimum atomic E-state index is -2.47. The number of nitrogens with one attached hydrogen (secondary N) is 2. The summed E-state index contributed by atoms with van der Waals surface area (Å²) in [6.45, 7) is 1.96. The lowest BCUT2D eigenvalue weighted by Gasteiger charge is -2.13. The number of anilines is 2. The summed E-state index contributed by atoms with van der Waals surface area (Å²) in [5.41, 5.74) is 1.59. The van der Waals surface area contributed by atoms with E-state index in [0.29, 0.717) is 5.69 Å². The van der Waals surface area contributed by atoms with Gasteiger partial charge in [-0.25, -0.2) is 9.00 Å². The molecule has 0 bridgehead atoms. The summed E-state index contributed by atoms with van der Waals surface area (Å²) >= 11 is 3.29. The summed E-state index contributed by atoms with van der Waals surface area (Å²) in [5, 5.41) is 15.0. The van der Waals surface area contributed by atoms with Crippen LogP contribution in [0.25, 0.3) is 0 Å². The van der Waals surface area contributed by atoms with Crippen LogP contribution in [0.5, 0.6) is 5.75 Å². The fraction of sp³-hybridized carbons (Fsp3) is 0.133. The number of benzene rings is 2. The van der Waals surface area contributed by atoms with Gasteiger partial charge in [-0.1, -0.05) is 36.7 Å². The van der Waals surface area contributed by atoms with Crippen LogP contribution in [0, 0.1) is 0 Å². The Morgan fingerprint density at radius 3 is 2.48 bits per heavy atom. The minimum absolute atomic E-state index is 0.0155. The molecule has 0 radical (unpaired) electrons. The molecule has 2 rings (SSSR count). The molecule has 0 saturated heterocycles. The second-order valence-electron chi connectivity index (χ2n) is 4.61. The van der Waals surface area contributed by atoms with Crippen LogP contribution in [0.2, 0.25) is 5.02 Å². The van der Waals surface area contributed by atoms with Gasteiger partial charge in [0.15, 0.2) is 16.8 Å². The molecule has 122 valence electrons. The molecular weight excluding hydrogens is 340 g/mol. The first kappa shape index (κ1) is 17.3. The highest BCUT2D eigenvalue weighted by atomic mass is 35.5. The lowest BCUT2D eigenvalue weighted by Crippen LogP contribution is -2.20. The predicted octanol–water partition coefficient (Wildman–Crippen LogP) is 3.83.